The van der Waals surface area contributed by atoms with Gasteiger partial charge >= 0.3 is 0 Å². The van der Waals surface area contributed by atoms with E-state index < -0.39 is 0 Å². The Hall–Kier alpha value is -1.10. The summed E-state index contributed by atoms with van der Waals surface area (Å²) in [6.07, 6.45) is 1.04. The lowest BCUT2D eigenvalue weighted by Gasteiger charge is -2.43. The molecule has 2 N–H and O–H groups in total. The van der Waals surface area contributed by atoms with Gasteiger partial charge in [-0.1, -0.05) is 19.1 Å². The van der Waals surface area contributed by atoms with E-state index in [9.17, 15) is 0 Å². The SMILES string of the molecule is CCCOc1ccc(C(C)N2CCN(C)CC2CN)cc1. The summed E-state index contributed by atoms with van der Waals surface area (Å²) in [5.41, 5.74) is 7.30. The molecule has 0 amide bonds. The maximum absolute atomic E-state index is 5.96. The number of rotatable bonds is 6. The average Bonchev–Trinajstić information content (AvgIpc) is 2.52. The lowest BCUT2D eigenvalue weighted by atomic mass is 10.0. The molecule has 0 bridgehead atoms. The second-order valence-corrected chi connectivity index (χ2v) is 5.98. The predicted octanol–water partition coefficient (Wildman–Crippen LogP) is 2.11. The van der Waals surface area contributed by atoms with Crippen LogP contribution in [0, 0.1) is 0 Å². The van der Waals surface area contributed by atoms with Gasteiger partial charge in [0.05, 0.1) is 6.61 Å². The fourth-order valence-corrected chi connectivity index (χ4v) is 3.00. The van der Waals surface area contributed by atoms with Crippen molar-refractivity contribution < 1.29 is 4.74 Å². The van der Waals surface area contributed by atoms with E-state index in [0.29, 0.717) is 18.6 Å². The molecular weight excluding hydrogens is 262 g/mol. The Morgan fingerprint density at radius 3 is 2.62 bits per heavy atom. The lowest BCUT2D eigenvalue weighted by Crippen LogP contribution is -2.55. The highest BCUT2D eigenvalue weighted by Crippen LogP contribution is 2.26. The lowest BCUT2D eigenvalue weighted by molar-refractivity contribution is 0.0621. The molecule has 1 saturated heterocycles. The molecule has 2 unspecified atom stereocenters. The number of benzene rings is 1. The maximum atomic E-state index is 5.96. The number of ether oxygens (including phenoxy) is 1. The van der Waals surface area contributed by atoms with Crippen LogP contribution in [0.5, 0.6) is 5.75 Å². The first kappa shape index (κ1) is 16.3. The highest BCUT2D eigenvalue weighted by Gasteiger charge is 2.28. The molecule has 1 fully saturated rings. The normalized spacial score (nSPS) is 22.2. The second-order valence-electron chi connectivity index (χ2n) is 5.98. The Morgan fingerprint density at radius 2 is 2.00 bits per heavy atom. The van der Waals surface area contributed by atoms with Crippen LogP contribution in [0.4, 0.5) is 0 Å². The van der Waals surface area contributed by atoms with E-state index in [2.05, 4.69) is 55.0 Å². The summed E-state index contributed by atoms with van der Waals surface area (Å²) < 4.78 is 5.65. The molecule has 2 rings (SSSR count). The predicted molar refractivity (Wildman–Crippen MR) is 87.7 cm³/mol. The molecule has 0 radical (unpaired) electrons. The minimum absolute atomic E-state index is 0.396. The molecule has 1 aromatic carbocycles. The van der Waals surface area contributed by atoms with Crippen LogP contribution in [0.1, 0.15) is 31.9 Å². The zero-order valence-electron chi connectivity index (χ0n) is 13.6. The van der Waals surface area contributed by atoms with Gasteiger partial charge in [-0.05, 0) is 38.1 Å². The van der Waals surface area contributed by atoms with Crippen molar-refractivity contribution in [3.8, 4) is 5.75 Å². The van der Waals surface area contributed by atoms with Crippen LogP contribution in [0.3, 0.4) is 0 Å². The number of nitrogens with two attached hydrogens (primary N) is 1. The topological polar surface area (TPSA) is 41.7 Å². The minimum atomic E-state index is 0.396. The van der Waals surface area contributed by atoms with Crippen LogP contribution in [-0.4, -0.2) is 55.7 Å². The molecule has 4 nitrogen and oxygen atoms in total. The Kier molecular flexibility index (Phi) is 6.03. The summed E-state index contributed by atoms with van der Waals surface area (Å²) in [5.74, 6) is 0.960. The van der Waals surface area contributed by atoms with Gasteiger partial charge in [0.2, 0.25) is 0 Å². The zero-order valence-corrected chi connectivity index (χ0v) is 13.6. The third-order valence-corrected chi connectivity index (χ3v) is 4.34. The van der Waals surface area contributed by atoms with Crippen molar-refractivity contribution >= 4 is 0 Å². The number of piperazine rings is 1. The van der Waals surface area contributed by atoms with Crippen LogP contribution >= 0.6 is 0 Å². The quantitative estimate of drug-likeness (QED) is 0.871. The standard InChI is InChI=1S/C17H29N3O/c1-4-11-21-17-7-5-15(6-8-17)14(2)20-10-9-19(3)13-16(20)12-18/h5-8,14,16H,4,9-13,18H2,1-3H3. The Balaban J connectivity index is 2.02. The van der Waals surface area contributed by atoms with Gasteiger partial charge in [0, 0.05) is 38.3 Å². The molecule has 0 aliphatic carbocycles. The maximum Gasteiger partial charge on any atom is 0.119 e. The number of hydrogen-bond donors (Lipinski definition) is 1. The fraction of sp³-hybridized carbons (Fsp3) is 0.647. The third kappa shape index (κ3) is 4.19. The summed E-state index contributed by atoms with van der Waals surface area (Å²) in [7, 11) is 2.17. The van der Waals surface area contributed by atoms with Crippen LogP contribution in [0.15, 0.2) is 24.3 Å². The Labute approximate surface area is 128 Å². The summed E-state index contributed by atoms with van der Waals surface area (Å²) in [4.78, 5) is 4.89. The van der Waals surface area contributed by atoms with E-state index >= 15 is 0 Å². The van der Waals surface area contributed by atoms with Crippen LogP contribution < -0.4 is 10.5 Å². The Bertz CT molecular complexity index is 421. The van der Waals surface area contributed by atoms with E-state index in [4.69, 9.17) is 10.5 Å². The average molecular weight is 291 g/mol. The summed E-state index contributed by atoms with van der Waals surface area (Å²) in [5, 5.41) is 0. The van der Waals surface area contributed by atoms with Crippen molar-refractivity contribution in [3.63, 3.8) is 0 Å². The minimum Gasteiger partial charge on any atom is -0.494 e. The van der Waals surface area contributed by atoms with Crippen molar-refractivity contribution in [2.75, 3.05) is 39.8 Å². The molecule has 4 heteroatoms. The van der Waals surface area contributed by atoms with Crippen LogP contribution in [0.25, 0.3) is 0 Å². The van der Waals surface area contributed by atoms with Crippen LogP contribution in [-0.2, 0) is 0 Å². The molecule has 0 saturated carbocycles. The van der Waals surface area contributed by atoms with Crippen molar-refractivity contribution in [2.45, 2.75) is 32.4 Å². The fourth-order valence-electron chi connectivity index (χ4n) is 3.00. The zero-order chi connectivity index (χ0) is 15.2. The van der Waals surface area contributed by atoms with Gasteiger partial charge in [0.25, 0.3) is 0 Å². The first-order chi connectivity index (χ1) is 10.2. The monoisotopic (exact) mass is 291 g/mol. The van der Waals surface area contributed by atoms with E-state index in [0.717, 1.165) is 38.4 Å². The summed E-state index contributed by atoms with van der Waals surface area (Å²) in [6.45, 7) is 9.13. The molecule has 2 atom stereocenters. The molecule has 0 spiro atoms. The number of likely N-dealkylation sites (N-methyl/N-ethyl adjacent to an activating group) is 1. The van der Waals surface area contributed by atoms with Crippen molar-refractivity contribution in [1.29, 1.82) is 0 Å². The molecule has 1 aromatic rings. The third-order valence-electron chi connectivity index (χ3n) is 4.34. The van der Waals surface area contributed by atoms with E-state index in [1.807, 2.05) is 0 Å². The molecule has 1 aliphatic heterocycles. The molecule has 118 valence electrons. The first-order valence-electron chi connectivity index (χ1n) is 8.02. The van der Waals surface area contributed by atoms with Gasteiger partial charge in [0.1, 0.15) is 5.75 Å². The van der Waals surface area contributed by atoms with Crippen molar-refractivity contribution in [3.05, 3.63) is 29.8 Å². The first-order valence-corrected chi connectivity index (χ1v) is 8.02. The largest absolute Gasteiger partial charge is 0.494 e. The Morgan fingerprint density at radius 1 is 1.29 bits per heavy atom. The summed E-state index contributed by atoms with van der Waals surface area (Å²) >= 11 is 0. The number of hydrogen-bond acceptors (Lipinski definition) is 4. The molecular formula is C17H29N3O. The smallest absolute Gasteiger partial charge is 0.119 e. The molecule has 21 heavy (non-hydrogen) atoms. The van der Waals surface area contributed by atoms with Gasteiger partial charge in [-0.3, -0.25) is 4.90 Å². The second kappa shape index (κ2) is 7.78. The van der Waals surface area contributed by atoms with Crippen LogP contribution in [0.2, 0.25) is 0 Å². The van der Waals surface area contributed by atoms with Gasteiger partial charge < -0.3 is 15.4 Å². The highest BCUT2D eigenvalue weighted by molar-refractivity contribution is 5.29. The van der Waals surface area contributed by atoms with Gasteiger partial charge in [-0.2, -0.15) is 0 Å². The summed E-state index contributed by atoms with van der Waals surface area (Å²) in [6, 6.07) is 9.36. The van der Waals surface area contributed by atoms with E-state index in [1.165, 1.54) is 5.56 Å². The van der Waals surface area contributed by atoms with Crippen molar-refractivity contribution in [1.82, 2.24) is 9.80 Å². The molecule has 0 aromatic heterocycles. The van der Waals surface area contributed by atoms with E-state index in [1.54, 1.807) is 0 Å². The number of nitrogens with zero attached hydrogens (tertiary/aromatic N) is 2. The molecule has 1 heterocycles. The van der Waals surface area contributed by atoms with Gasteiger partial charge in [0.15, 0.2) is 0 Å². The highest BCUT2D eigenvalue weighted by atomic mass is 16.5. The van der Waals surface area contributed by atoms with Gasteiger partial charge in [-0.15, -0.1) is 0 Å². The van der Waals surface area contributed by atoms with Gasteiger partial charge in [-0.25, -0.2) is 0 Å². The van der Waals surface area contributed by atoms with E-state index in [-0.39, 0.29) is 0 Å². The molecule has 1 aliphatic rings. The van der Waals surface area contributed by atoms with Crippen molar-refractivity contribution in [2.24, 2.45) is 5.73 Å².